The van der Waals surface area contributed by atoms with Crippen molar-refractivity contribution in [1.82, 2.24) is 15.5 Å². The predicted octanol–water partition coefficient (Wildman–Crippen LogP) is -0.375. The van der Waals surface area contributed by atoms with Crippen molar-refractivity contribution in [1.29, 1.82) is 0 Å². The predicted molar refractivity (Wildman–Crippen MR) is 124 cm³/mol. The molecule has 2 rings (SSSR count). The van der Waals surface area contributed by atoms with Gasteiger partial charge in [0, 0.05) is 18.7 Å². The van der Waals surface area contributed by atoms with E-state index >= 15 is 0 Å². The van der Waals surface area contributed by atoms with Gasteiger partial charge < -0.3 is 27.0 Å². The Morgan fingerprint density at radius 2 is 1.89 bits per heavy atom. The first-order valence-electron chi connectivity index (χ1n) is 11.0. The number of guanidine groups is 1. The minimum Gasteiger partial charge on any atom is -0.370 e. The number of carbonyl (C=O) groups is 4. The number of hydrogen-bond donors (Lipinski definition) is 4. The van der Waals surface area contributed by atoms with E-state index in [0.29, 0.717) is 19.3 Å². The number of amides is 3. The summed E-state index contributed by atoms with van der Waals surface area (Å²) in [4.78, 5) is 55.3. The van der Waals surface area contributed by atoms with E-state index in [-0.39, 0.29) is 31.0 Å². The summed E-state index contributed by atoms with van der Waals surface area (Å²) in [6.45, 7) is -0.872. The number of aliphatic imine (C=N–C) groups is 1. The molecule has 0 radical (unpaired) electrons. The van der Waals surface area contributed by atoms with Gasteiger partial charge in [-0.3, -0.25) is 24.2 Å². The van der Waals surface area contributed by atoms with Crippen LogP contribution in [0.5, 0.6) is 0 Å². The summed E-state index contributed by atoms with van der Waals surface area (Å²) in [6, 6.07) is 1.23. The van der Waals surface area contributed by atoms with Crippen molar-refractivity contribution >= 4 is 29.5 Å². The van der Waals surface area contributed by atoms with Crippen LogP contribution in [0.15, 0.2) is 29.3 Å². The van der Waals surface area contributed by atoms with Crippen LogP contribution >= 0.6 is 0 Å². The summed E-state index contributed by atoms with van der Waals surface area (Å²) in [6.07, 6.45) is 6.66. The summed E-state index contributed by atoms with van der Waals surface area (Å²) in [7, 11) is 0. The Labute approximate surface area is 201 Å². The fourth-order valence-corrected chi connectivity index (χ4v) is 3.64. The van der Waals surface area contributed by atoms with Crippen molar-refractivity contribution < 1.29 is 28.0 Å². The topological polar surface area (TPSA) is 160 Å². The van der Waals surface area contributed by atoms with E-state index in [1.165, 1.54) is 17.0 Å². The highest BCUT2D eigenvalue weighted by Gasteiger charge is 2.38. The molecule has 0 spiro atoms. The molecule has 1 aliphatic rings. The minimum absolute atomic E-state index is 0.100. The lowest BCUT2D eigenvalue weighted by Gasteiger charge is -2.28. The molecule has 1 fully saturated rings. The second-order valence-electron chi connectivity index (χ2n) is 7.88. The third-order valence-corrected chi connectivity index (χ3v) is 5.42. The Kier molecular flexibility index (Phi) is 10.1. The average Bonchev–Trinajstić information content (AvgIpc) is 3.33. The molecule has 3 atom stereocenters. The van der Waals surface area contributed by atoms with E-state index < -0.39 is 54.1 Å². The van der Waals surface area contributed by atoms with Gasteiger partial charge in [0.1, 0.15) is 18.5 Å². The largest absolute Gasteiger partial charge is 0.370 e. The van der Waals surface area contributed by atoms with Crippen LogP contribution in [0.3, 0.4) is 0 Å². The van der Waals surface area contributed by atoms with Crippen molar-refractivity contribution in [3.05, 3.63) is 35.6 Å². The number of nitrogens with two attached hydrogens (primary N) is 2. The highest BCUT2D eigenvalue weighted by atomic mass is 19.1. The standard InChI is InChI=1S/C23H28F2N6O4/c1-2-16(29-20(33)14-7-9-15(25)10-8-14)22(35)31-12-4-6-18(31)21(34)30-17(19(32)13-24)5-3-11-28-23(26)27/h1,7-10,16-18H,3-6,11-13H2,(H,29,33)(H,30,34)(H4,26,27,28)/t16-,17-,18-/m0/s1. The van der Waals surface area contributed by atoms with Crippen LogP contribution in [0.25, 0.3) is 0 Å². The molecule has 6 N–H and O–H groups in total. The number of likely N-dealkylation sites (tertiary alicyclic amines) is 1. The van der Waals surface area contributed by atoms with Crippen molar-refractivity contribution in [2.45, 2.75) is 43.8 Å². The lowest BCUT2D eigenvalue weighted by atomic mass is 10.1. The smallest absolute Gasteiger partial charge is 0.258 e. The number of ketones is 1. The monoisotopic (exact) mass is 490 g/mol. The zero-order valence-corrected chi connectivity index (χ0v) is 19.0. The molecule has 0 bridgehead atoms. The highest BCUT2D eigenvalue weighted by Crippen LogP contribution is 2.19. The normalized spacial score (nSPS) is 16.5. The lowest BCUT2D eigenvalue weighted by Crippen LogP contribution is -2.55. The molecule has 0 aromatic heterocycles. The number of halogens is 2. The van der Waals surface area contributed by atoms with Crippen LogP contribution in [-0.4, -0.2) is 72.3 Å². The van der Waals surface area contributed by atoms with Gasteiger partial charge in [-0.15, -0.1) is 6.42 Å². The van der Waals surface area contributed by atoms with E-state index in [1.807, 2.05) is 0 Å². The molecular weight excluding hydrogens is 462 g/mol. The molecule has 1 heterocycles. The van der Waals surface area contributed by atoms with Gasteiger partial charge in [-0.25, -0.2) is 8.78 Å². The van der Waals surface area contributed by atoms with Crippen LogP contribution in [0, 0.1) is 18.2 Å². The maximum Gasteiger partial charge on any atom is 0.258 e. The van der Waals surface area contributed by atoms with Gasteiger partial charge in [0.25, 0.3) is 11.8 Å². The molecule has 188 valence electrons. The third kappa shape index (κ3) is 7.77. The fraction of sp³-hybridized carbons (Fsp3) is 0.435. The first-order valence-corrected chi connectivity index (χ1v) is 11.0. The molecule has 35 heavy (non-hydrogen) atoms. The summed E-state index contributed by atoms with van der Waals surface area (Å²) in [5.74, 6) is -1.27. The summed E-state index contributed by atoms with van der Waals surface area (Å²) in [5, 5.41) is 4.90. The summed E-state index contributed by atoms with van der Waals surface area (Å²) in [5.41, 5.74) is 10.6. The van der Waals surface area contributed by atoms with E-state index in [2.05, 4.69) is 21.5 Å². The zero-order chi connectivity index (χ0) is 26.0. The number of rotatable bonds is 11. The molecular formula is C23H28F2N6O4. The summed E-state index contributed by atoms with van der Waals surface area (Å²) >= 11 is 0. The van der Waals surface area contributed by atoms with Crippen LogP contribution in [0.1, 0.15) is 36.0 Å². The van der Waals surface area contributed by atoms with Crippen molar-refractivity contribution in [2.24, 2.45) is 16.5 Å². The van der Waals surface area contributed by atoms with Gasteiger partial charge in [0.15, 0.2) is 17.8 Å². The number of nitrogens with zero attached hydrogens (tertiary/aromatic N) is 2. The SMILES string of the molecule is C#C[C@H](NC(=O)c1ccc(F)cc1)C(=O)N1CCC[C@H]1C(=O)N[C@@H](CCCN=C(N)N)C(=O)CF. The molecule has 1 aromatic rings. The van der Waals surface area contributed by atoms with E-state index in [9.17, 15) is 28.0 Å². The van der Waals surface area contributed by atoms with Crippen molar-refractivity contribution in [2.75, 3.05) is 19.8 Å². The third-order valence-electron chi connectivity index (χ3n) is 5.42. The number of carbonyl (C=O) groups excluding carboxylic acids is 4. The molecule has 1 aliphatic heterocycles. The van der Waals surface area contributed by atoms with Crippen LogP contribution in [0.2, 0.25) is 0 Å². The maximum atomic E-state index is 13.1. The second-order valence-corrected chi connectivity index (χ2v) is 7.88. The Hall–Kier alpha value is -4.01. The molecule has 1 aromatic carbocycles. The van der Waals surface area contributed by atoms with Crippen LogP contribution in [-0.2, 0) is 14.4 Å². The first kappa shape index (κ1) is 27.2. The highest BCUT2D eigenvalue weighted by molar-refractivity contribution is 6.00. The average molecular weight is 491 g/mol. The van der Waals surface area contributed by atoms with E-state index in [1.54, 1.807) is 0 Å². The molecule has 10 nitrogen and oxygen atoms in total. The first-order chi connectivity index (χ1) is 16.7. The number of Topliss-reactive ketones (excluding diaryl/α,β-unsaturated/α-hetero) is 1. The van der Waals surface area contributed by atoms with E-state index in [4.69, 9.17) is 17.9 Å². The molecule has 1 saturated heterocycles. The molecule has 3 amide bonds. The molecule has 0 aliphatic carbocycles. The van der Waals surface area contributed by atoms with Gasteiger partial charge in [-0.05, 0) is 49.9 Å². The lowest BCUT2D eigenvalue weighted by molar-refractivity contribution is -0.139. The van der Waals surface area contributed by atoms with E-state index in [0.717, 1.165) is 12.1 Å². The molecule has 0 unspecified atom stereocenters. The van der Waals surface area contributed by atoms with Gasteiger partial charge >= 0.3 is 0 Å². The summed E-state index contributed by atoms with van der Waals surface area (Å²) < 4.78 is 26.1. The van der Waals surface area contributed by atoms with Crippen LogP contribution < -0.4 is 22.1 Å². The van der Waals surface area contributed by atoms with Crippen molar-refractivity contribution in [3.8, 4) is 12.3 Å². The Bertz CT molecular complexity index is 1000. The zero-order valence-electron chi connectivity index (χ0n) is 19.0. The van der Waals surface area contributed by atoms with Gasteiger partial charge in [0.05, 0.1) is 6.04 Å². The number of hydrogen-bond acceptors (Lipinski definition) is 5. The van der Waals surface area contributed by atoms with Crippen LogP contribution in [0.4, 0.5) is 8.78 Å². The number of alkyl halides is 1. The van der Waals surface area contributed by atoms with Gasteiger partial charge in [-0.1, -0.05) is 5.92 Å². The fourth-order valence-electron chi connectivity index (χ4n) is 3.64. The minimum atomic E-state index is -1.37. The Balaban J connectivity index is 2.05. The second kappa shape index (κ2) is 13.0. The molecule has 0 saturated carbocycles. The Morgan fingerprint density at radius 1 is 1.20 bits per heavy atom. The van der Waals surface area contributed by atoms with Crippen molar-refractivity contribution in [3.63, 3.8) is 0 Å². The quantitative estimate of drug-likeness (QED) is 0.143. The number of nitrogens with one attached hydrogen (secondary N) is 2. The maximum absolute atomic E-state index is 13.1. The Morgan fingerprint density at radius 3 is 2.49 bits per heavy atom. The van der Waals surface area contributed by atoms with Gasteiger partial charge in [0.2, 0.25) is 5.91 Å². The number of terminal acetylenes is 1. The molecule has 12 heteroatoms. The number of benzene rings is 1. The van der Waals surface area contributed by atoms with Gasteiger partial charge in [-0.2, -0.15) is 0 Å².